The molecule has 0 spiro atoms. The first-order valence-corrected chi connectivity index (χ1v) is 6.53. The van der Waals surface area contributed by atoms with Crippen molar-refractivity contribution in [1.29, 1.82) is 0 Å². The zero-order valence-corrected chi connectivity index (χ0v) is 10.0. The van der Waals surface area contributed by atoms with E-state index in [0.29, 0.717) is 0 Å². The van der Waals surface area contributed by atoms with Crippen LogP contribution >= 0.6 is 0 Å². The molecule has 1 saturated carbocycles. The molecule has 0 radical (unpaired) electrons. The van der Waals surface area contributed by atoms with Gasteiger partial charge in [-0.2, -0.15) is 0 Å². The lowest BCUT2D eigenvalue weighted by Gasteiger charge is -2.23. The second-order valence-corrected chi connectivity index (χ2v) is 4.97. The number of nitrogens with one attached hydrogen (secondary N) is 1. The molecule has 3 rings (SSSR count). The molecule has 0 aromatic carbocycles. The maximum absolute atomic E-state index is 4.62. The summed E-state index contributed by atoms with van der Waals surface area (Å²) in [6.07, 6.45) is 11.5. The summed E-state index contributed by atoms with van der Waals surface area (Å²) in [5.74, 6) is 2.41. The van der Waals surface area contributed by atoms with Crippen LogP contribution in [-0.2, 0) is 0 Å². The number of aliphatic imine (C=N–C) groups is 1. The summed E-state index contributed by atoms with van der Waals surface area (Å²) in [6.45, 7) is 0.836. The summed E-state index contributed by atoms with van der Waals surface area (Å²) in [6, 6.07) is 0. The normalized spacial score (nSPS) is 20.4. The molecule has 0 unspecified atom stereocenters. The minimum absolute atomic E-state index is 0.754. The Labute approximate surface area is 102 Å². The van der Waals surface area contributed by atoms with Crippen molar-refractivity contribution in [2.24, 2.45) is 10.9 Å². The fourth-order valence-electron chi connectivity index (χ4n) is 2.75. The number of aromatic nitrogens is 2. The topological polar surface area (TPSA) is 50.2 Å². The first-order chi connectivity index (χ1) is 8.42. The molecule has 0 amide bonds. The van der Waals surface area contributed by atoms with Crippen molar-refractivity contribution >= 4 is 17.3 Å². The summed E-state index contributed by atoms with van der Waals surface area (Å²) in [5, 5.41) is 3.30. The number of hydrogen-bond acceptors (Lipinski definition) is 4. The lowest BCUT2D eigenvalue weighted by molar-refractivity contribution is 0.367. The zero-order chi connectivity index (χ0) is 11.5. The van der Waals surface area contributed by atoms with Gasteiger partial charge in [0.1, 0.15) is 0 Å². The van der Waals surface area contributed by atoms with Crippen molar-refractivity contribution in [3.8, 4) is 0 Å². The summed E-state index contributed by atoms with van der Waals surface area (Å²) < 4.78 is 0. The Hall–Kier alpha value is -1.45. The van der Waals surface area contributed by atoms with Crippen molar-refractivity contribution in [1.82, 2.24) is 9.97 Å². The van der Waals surface area contributed by atoms with Crippen LogP contribution < -0.4 is 5.32 Å². The van der Waals surface area contributed by atoms with E-state index in [0.717, 1.165) is 30.5 Å². The predicted octanol–water partition coefficient (Wildman–Crippen LogP) is 2.95. The van der Waals surface area contributed by atoms with Gasteiger partial charge in [-0.05, 0) is 12.3 Å². The highest BCUT2D eigenvalue weighted by atomic mass is 15.1. The van der Waals surface area contributed by atoms with Gasteiger partial charge >= 0.3 is 0 Å². The zero-order valence-electron chi connectivity index (χ0n) is 10.0. The first kappa shape index (κ1) is 10.7. The predicted molar refractivity (Wildman–Crippen MR) is 68.8 cm³/mol. The molecule has 17 heavy (non-hydrogen) atoms. The molecule has 1 aromatic heterocycles. The van der Waals surface area contributed by atoms with Gasteiger partial charge in [0.2, 0.25) is 0 Å². The molecular formula is C13H18N4. The van der Waals surface area contributed by atoms with Crippen LogP contribution in [0.25, 0.3) is 0 Å². The Balaban J connectivity index is 1.70. The largest absolute Gasteiger partial charge is 0.362 e. The monoisotopic (exact) mass is 230 g/mol. The average molecular weight is 230 g/mol. The van der Waals surface area contributed by atoms with E-state index in [-0.39, 0.29) is 0 Å². The molecule has 2 aliphatic rings. The highest BCUT2D eigenvalue weighted by Crippen LogP contribution is 2.29. The average Bonchev–Trinajstić information content (AvgIpc) is 2.40. The third-order valence-electron chi connectivity index (χ3n) is 3.65. The smallest absolute Gasteiger partial charge is 0.195 e. The molecule has 0 bridgehead atoms. The summed E-state index contributed by atoms with van der Waals surface area (Å²) in [5.41, 5.74) is 1.24. The Bertz CT molecular complexity index is 421. The molecule has 1 aromatic rings. The Morgan fingerprint density at radius 1 is 1.12 bits per heavy atom. The van der Waals surface area contributed by atoms with E-state index in [2.05, 4.69) is 20.3 Å². The minimum atomic E-state index is 0.754. The van der Waals surface area contributed by atoms with Gasteiger partial charge in [0.15, 0.2) is 11.6 Å². The van der Waals surface area contributed by atoms with E-state index in [1.165, 1.54) is 37.8 Å². The molecule has 2 heterocycles. The van der Waals surface area contributed by atoms with Crippen LogP contribution in [-0.4, -0.2) is 22.2 Å². The molecule has 1 N–H and O–H groups in total. The maximum atomic E-state index is 4.62. The number of rotatable bonds is 2. The molecule has 1 aliphatic carbocycles. The highest BCUT2D eigenvalue weighted by Gasteiger charge is 2.19. The van der Waals surface area contributed by atoms with Crippen LogP contribution in [0.15, 0.2) is 17.4 Å². The van der Waals surface area contributed by atoms with Crippen molar-refractivity contribution in [3.63, 3.8) is 0 Å². The lowest BCUT2D eigenvalue weighted by Crippen LogP contribution is -2.22. The van der Waals surface area contributed by atoms with Crippen molar-refractivity contribution < 1.29 is 0 Å². The van der Waals surface area contributed by atoms with E-state index >= 15 is 0 Å². The molecule has 0 saturated heterocycles. The van der Waals surface area contributed by atoms with Gasteiger partial charge < -0.3 is 5.32 Å². The van der Waals surface area contributed by atoms with Gasteiger partial charge in [-0.15, -0.1) is 0 Å². The third-order valence-corrected chi connectivity index (χ3v) is 3.65. The molecule has 0 atom stereocenters. The van der Waals surface area contributed by atoms with E-state index in [4.69, 9.17) is 0 Å². The van der Waals surface area contributed by atoms with Crippen LogP contribution in [0, 0.1) is 5.92 Å². The van der Waals surface area contributed by atoms with E-state index in [9.17, 15) is 0 Å². The second kappa shape index (κ2) is 4.82. The summed E-state index contributed by atoms with van der Waals surface area (Å²) in [4.78, 5) is 13.1. The molecule has 4 heteroatoms. The van der Waals surface area contributed by atoms with Gasteiger partial charge in [0.25, 0.3) is 0 Å². The van der Waals surface area contributed by atoms with Gasteiger partial charge in [0, 0.05) is 18.1 Å². The van der Waals surface area contributed by atoms with E-state index < -0.39 is 0 Å². The standard InChI is InChI=1S/C13H18N4/c1-2-4-10(5-3-1)8-11-9-16-12-13(17-11)15-7-6-14-12/h6-7,10H,1-5,8-9H2,(H,14,16). The van der Waals surface area contributed by atoms with Crippen LogP contribution in [0.4, 0.5) is 11.6 Å². The number of hydrogen-bond donors (Lipinski definition) is 1. The van der Waals surface area contributed by atoms with Gasteiger partial charge in [-0.3, -0.25) is 0 Å². The van der Waals surface area contributed by atoms with Gasteiger partial charge in [-0.25, -0.2) is 15.0 Å². The first-order valence-electron chi connectivity index (χ1n) is 6.53. The number of nitrogens with zero attached hydrogens (tertiary/aromatic N) is 3. The Morgan fingerprint density at radius 3 is 2.82 bits per heavy atom. The summed E-state index contributed by atoms with van der Waals surface area (Å²) in [7, 11) is 0. The fourth-order valence-corrected chi connectivity index (χ4v) is 2.75. The lowest BCUT2D eigenvalue weighted by atomic mass is 9.85. The quantitative estimate of drug-likeness (QED) is 0.849. The second-order valence-electron chi connectivity index (χ2n) is 4.97. The van der Waals surface area contributed by atoms with Gasteiger partial charge in [-0.1, -0.05) is 32.1 Å². The number of fused-ring (bicyclic) bond motifs is 1. The Kier molecular flexibility index (Phi) is 3.03. The SMILES string of the molecule is c1cnc2c(n1)N=C(CC1CCCCC1)CN2. The van der Waals surface area contributed by atoms with Crippen LogP contribution in [0.5, 0.6) is 0 Å². The van der Waals surface area contributed by atoms with Crippen molar-refractivity contribution in [2.45, 2.75) is 38.5 Å². The van der Waals surface area contributed by atoms with Crippen molar-refractivity contribution in [3.05, 3.63) is 12.4 Å². The minimum Gasteiger partial charge on any atom is -0.362 e. The molecule has 1 fully saturated rings. The Morgan fingerprint density at radius 2 is 1.94 bits per heavy atom. The highest BCUT2D eigenvalue weighted by molar-refractivity contribution is 5.93. The van der Waals surface area contributed by atoms with Gasteiger partial charge in [0.05, 0.1) is 6.54 Å². The molecular weight excluding hydrogens is 212 g/mol. The summed E-state index contributed by atoms with van der Waals surface area (Å²) >= 11 is 0. The van der Waals surface area contributed by atoms with E-state index in [1.807, 2.05) is 0 Å². The fraction of sp³-hybridized carbons (Fsp3) is 0.615. The third kappa shape index (κ3) is 2.46. The molecule has 1 aliphatic heterocycles. The molecule has 4 nitrogen and oxygen atoms in total. The van der Waals surface area contributed by atoms with Crippen LogP contribution in [0.1, 0.15) is 38.5 Å². The molecule has 90 valence electrons. The number of anilines is 1. The van der Waals surface area contributed by atoms with Crippen LogP contribution in [0.3, 0.4) is 0 Å². The maximum Gasteiger partial charge on any atom is 0.195 e. The van der Waals surface area contributed by atoms with Crippen molar-refractivity contribution in [2.75, 3.05) is 11.9 Å². The van der Waals surface area contributed by atoms with E-state index in [1.54, 1.807) is 12.4 Å². The van der Waals surface area contributed by atoms with Crippen LogP contribution in [0.2, 0.25) is 0 Å².